The number of pyridine rings is 1. The van der Waals surface area contributed by atoms with E-state index in [4.69, 9.17) is 4.42 Å². The van der Waals surface area contributed by atoms with Crippen molar-refractivity contribution in [3.63, 3.8) is 0 Å². The SMILES string of the molecule is Cc1nc(C(=O)NCc2ccco2)c2ccccn12. The van der Waals surface area contributed by atoms with Gasteiger partial charge in [-0.1, -0.05) is 6.07 Å². The quantitative estimate of drug-likeness (QED) is 0.780. The maximum atomic E-state index is 12.1. The van der Waals surface area contributed by atoms with E-state index in [0.717, 1.165) is 11.3 Å². The molecule has 0 saturated heterocycles. The molecule has 19 heavy (non-hydrogen) atoms. The minimum absolute atomic E-state index is 0.201. The van der Waals surface area contributed by atoms with E-state index in [-0.39, 0.29) is 5.91 Å². The van der Waals surface area contributed by atoms with Crippen molar-refractivity contribution in [2.45, 2.75) is 13.5 Å². The number of imidazole rings is 1. The summed E-state index contributed by atoms with van der Waals surface area (Å²) in [6.45, 7) is 2.23. The second-order valence-electron chi connectivity index (χ2n) is 4.23. The van der Waals surface area contributed by atoms with Crippen LogP contribution in [0.2, 0.25) is 0 Å². The van der Waals surface area contributed by atoms with Crippen LogP contribution in [0.5, 0.6) is 0 Å². The van der Waals surface area contributed by atoms with Crippen molar-refractivity contribution in [2.24, 2.45) is 0 Å². The molecule has 0 atom stereocenters. The van der Waals surface area contributed by atoms with Crippen LogP contribution in [0.25, 0.3) is 5.52 Å². The summed E-state index contributed by atoms with van der Waals surface area (Å²) in [5, 5.41) is 2.80. The molecule has 3 rings (SSSR count). The average molecular weight is 255 g/mol. The first-order valence-electron chi connectivity index (χ1n) is 6.00. The Morgan fingerprint density at radius 3 is 3.05 bits per heavy atom. The normalized spacial score (nSPS) is 10.8. The lowest BCUT2D eigenvalue weighted by molar-refractivity contribution is 0.0945. The van der Waals surface area contributed by atoms with Crippen molar-refractivity contribution in [3.8, 4) is 0 Å². The molecule has 3 aromatic rings. The molecule has 0 saturated carbocycles. The first-order chi connectivity index (χ1) is 9.25. The number of furan rings is 1. The predicted octanol–water partition coefficient (Wildman–Crippen LogP) is 2.17. The van der Waals surface area contributed by atoms with Gasteiger partial charge in [-0.25, -0.2) is 4.98 Å². The van der Waals surface area contributed by atoms with Crippen LogP contribution in [0.3, 0.4) is 0 Å². The molecule has 1 amide bonds. The van der Waals surface area contributed by atoms with E-state index in [1.165, 1.54) is 0 Å². The Bertz CT molecular complexity index is 713. The van der Waals surface area contributed by atoms with Gasteiger partial charge < -0.3 is 14.1 Å². The van der Waals surface area contributed by atoms with Crippen LogP contribution in [0.4, 0.5) is 0 Å². The molecule has 96 valence electrons. The van der Waals surface area contributed by atoms with Crippen molar-refractivity contribution in [2.75, 3.05) is 0 Å². The number of aryl methyl sites for hydroxylation is 1. The minimum Gasteiger partial charge on any atom is -0.467 e. The van der Waals surface area contributed by atoms with Gasteiger partial charge >= 0.3 is 0 Å². The molecule has 0 aromatic carbocycles. The van der Waals surface area contributed by atoms with E-state index in [1.54, 1.807) is 12.3 Å². The highest BCUT2D eigenvalue weighted by Crippen LogP contribution is 2.12. The lowest BCUT2D eigenvalue weighted by atomic mass is 10.3. The summed E-state index contributed by atoms with van der Waals surface area (Å²) < 4.78 is 7.06. The zero-order valence-electron chi connectivity index (χ0n) is 10.5. The third-order valence-corrected chi connectivity index (χ3v) is 2.94. The zero-order valence-corrected chi connectivity index (χ0v) is 10.5. The van der Waals surface area contributed by atoms with Crippen molar-refractivity contribution in [3.05, 3.63) is 60.1 Å². The number of rotatable bonds is 3. The molecule has 0 fully saturated rings. The highest BCUT2D eigenvalue weighted by Gasteiger charge is 2.15. The largest absolute Gasteiger partial charge is 0.467 e. The second kappa shape index (κ2) is 4.61. The molecule has 0 spiro atoms. The Morgan fingerprint density at radius 2 is 2.26 bits per heavy atom. The zero-order chi connectivity index (χ0) is 13.2. The number of fused-ring (bicyclic) bond motifs is 1. The van der Waals surface area contributed by atoms with E-state index < -0.39 is 0 Å². The van der Waals surface area contributed by atoms with Gasteiger partial charge in [0.1, 0.15) is 11.6 Å². The third kappa shape index (κ3) is 2.10. The van der Waals surface area contributed by atoms with E-state index in [1.807, 2.05) is 41.8 Å². The highest BCUT2D eigenvalue weighted by atomic mass is 16.3. The second-order valence-corrected chi connectivity index (χ2v) is 4.23. The molecular formula is C14H13N3O2. The first-order valence-corrected chi connectivity index (χ1v) is 6.00. The van der Waals surface area contributed by atoms with E-state index in [2.05, 4.69) is 10.3 Å². The Kier molecular flexibility index (Phi) is 2.79. The van der Waals surface area contributed by atoms with Crippen LogP contribution >= 0.6 is 0 Å². The predicted molar refractivity (Wildman–Crippen MR) is 69.8 cm³/mol. The van der Waals surface area contributed by atoms with Gasteiger partial charge in [-0.05, 0) is 31.2 Å². The lowest BCUT2D eigenvalue weighted by Gasteiger charge is -2.01. The summed E-state index contributed by atoms with van der Waals surface area (Å²) in [6, 6.07) is 9.28. The van der Waals surface area contributed by atoms with Gasteiger partial charge in [-0.15, -0.1) is 0 Å². The van der Waals surface area contributed by atoms with E-state index in [0.29, 0.717) is 18.0 Å². The minimum atomic E-state index is -0.201. The highest BCUT2D eigenvalue weighted by molar-refractivity contribution is 5.99. The van der Waals surface area contributed by atoms with Gasteiger partial charge in [-0.3, -0.25) is 4.79 Å². The summed E-state index contributed by atoms with van der Waals surface area (Å²) in [4.78, 5) is 16.4. The monoisotopic (exact) mass is 255 g/mol. The molecule has 0 unspecified atom stereocenters. The number of nitrogens with one attached hydrogen (secondary N) is 1. The number of hydrogen-bond acceptors (Lipinski definition) is 3. The Labute approximate surface area is 109 Å². The van der Waals surface area contributed by atoms with E-state index in [9.17, 15) is 4.79 Å². The Hall–Kier alpha value is -2.56. The van der Waals surface area contributed by atoms with Gasteiger partial charge in [-0.2, -0.15) is 0 Å². The van der Waals surface area contributed by atoms with Crippen molar-refractivity contribution in [1.82, 2.24) is 14.7 Å². The Balaban J connectivity index is 1.85. The van der Waals surface area contributed by atoms with E-state index >= 15 is 0 Å². The third-order valence-electron chi connectivity index (χ3n) is 2.94. The number of hydrogen-bond donors (Lipinski definition) is 1. The molecule has 0 aliphatic heterocycles. The van der Waals surface area contributed by atoms with Gasteiger partial charge in [0.25, 0.3) is 5.91 Å². The van der Waals surface area contributed by atoms with Crippen molar-refractivity contribution in [1.29, 1.82) is 0 Å². The van der Waals surface area contributed by atoms with Crippen molar-refractivity contribution >= 4 is 11.4 Å². The summed E-state index contributed by atoms with van der Waals surface area (Å²) in [7, 11) is 0. The number of nitrogens with zero attached hydrogens (tertiary/aromatic N) is 2. The van der Waals surface area contributed by atoms with Crippen LogP contribution in [0.15, 0.2) is 47.2 Å². The molecule has 0 aliphatic rings. The fourth-order valence-corrected chi connectivity index (χ4v) is 2.02. The summed E-state index contributed by atoms with van der Waals surface area (Å²) in [5.41, 5.74) is 1.24. The first kappa shape index (κ1) is 11.5. The smallest absolute Gasteiger partial charge is 0.272 e. The molecule has 3 heterocycles. The summed E-state index contributed by atoms with van der Waals surface area (Å²) in [5.74, 6) is 1.31. The van der Waals surface area contributed by atoms with Crippen LogP contribution in [-0.4, -0.2) is 15.3 Å². The molecule has 5 nitrogen and oxygen atoms in total. The number of aromatic nitrogens is 2. The average Bonchev–Trinajstić information content (AvgIpc) is 3.05. The maximum absolute atomic E-state index is 12.1. The molecule has 5 heteroatoms. The van der Waals surface area contributed by atoms with Crippen LogP contribution in [0.1, 0.15) is 22.1 Å². The fourth-order valence-electron chi connectivity index (χ4n) is 2.02. The van der Waals surface area contributed by atoms with Crippen LogP contribution < -0.4 is 5.32 Å². The molecule has 0 aliphatic carbocycles. The maximum Gasteiger partial charge on any atom is 0.272 e. The topological polar surface area (TPSA) is 59.5 Å². The number of amides is 1. The number of carbonyl (C=O) groups excluding carboxylic acids is 1. The molecular weight excluding hydrogens is 242 g/mol. The fraction of sp³-hybridized carbons (Fsp3) is 0.143. The molecule has 0 radical (unpaired) electrons. The molecule has 1 N–H and O–H groups in total. The van der Waals surface area contributed by atoms with Crippen LogP contribution in [-0.2, 0) is 6.54 Å². The molecule has 0 bridgehead atoms. The number of carbonyl (C=O) groups is 1. The lowest BCUT2D eigenvalue weighted by Crippen LogP contribution is -2.23. The van der Waals surface area contributed by atoms with Crippen LogP contribution in [0, 0.1) is 6.92 Å². The van der Waals surface area contributed by atoms with Gasteiger partial charge in [0.05, 0.1) is 18.3 Å². The summed E-state index contributed by atoms with van der Waals surface area (Å²) in [6.07, 6.45) is 3.47. The van der Waals surface area contributed by atoms with Gasteiger partial charge in [0.2, 0.25) is 0 Å². The summed E-state index contributed by atoms with van der Waals surface area (Å²) >= 11 is 0. The Morgan fingerprint density at radius 1 is 1.37 bits per heavy atom. The molecule has 3 aromatic heterocycles. The van der Waals surface area contributed by atoms with Gasteiger partial charge in [0, 0.05) is 6.20 Å². The van der Waals surface area contributed by atoms with Crippen molar-refractivity contribution < 1.29 is 9.21 Å². The van der Waals surface area contributed by atoms with Gasteiger partial charge in [0.15, 0.2) is 5.69 Å². The standard InChI is InChI=1S/C14H13N3O2/c1-10-16-13(12-6-2-3-7-17(10)12)14(18)15-9-11-5-4-8-19-11/h2-8H,9H2,1H3,(H,15,18).